The van der Waals surface area contributed by atoms with Crippen LogP contribution in [0.2, 0.25) is 0 Å². The van der Waals surface area contributed by atoms with Crippen LogP contribution in [0, 0.1) is 5.82 Å². The molecule has 0 aliphatic carbocycles. The maximum Gasteiger partial charge on any atom is 0.339 e. The summed E-state index contributed by atoms with van der Waals surface area (Å²) in [6.07, 6.45) is 3.62. The number of fused-ring (bicyclic) bond motifs is 1. The van der Waals surface area contributed by atoms with E-state index in [2.05, 4.69) is 23.5 Å². The fraction of sp³-hybridized carbons (Fsp3) is 0.130. The first-order valence-electron chi connectivity index (χ1n) is 8.98. The van der Waals surface area contributed by atoms with E-state index in [1.54, 1.807) is 24.3 Å². The molecule has 0 spiro atoms. The van der Waals surface area contributed by atoms with Crippen molar-refractivity contribution in [2.75, 3.05) is 12.4 Å². The molecule has 7 heteroatoms. The molecule has 0 radical (unpaired) electrons. The Hall–Kier alpha value is -3.45. The predicted octanol–water partition coefficient (Wildman–Crippen LogP) is 6.36. The predicted molar refractivity (Wildman–Crippen MR) is 122 cm³/mol. The highest BCUT2D eigenvalue weighted by atomic mass is 32.1. The van der Waals surface area contributed by atoms with E-state index in [0.717, 1.165) is 32.2 Å². The number of carboxylic acid groups (broad SMARTS) is 1. The van der Waals surface area contributed by atoms with Gasteiger partial charge in [-0.2, -0.15) is 0 Å². The Kier molecular flexibility index (Phi) is 7.89. The minimum atomic E-state index is -0.991. The number of halogens is 1. The summed E-state index contributed by atoms with van der Waals surface area (Å²) < 4.78 is 18.8. The molecule has 30 heavy (non-hydrogen) atoms. The Labute approximate surface area is 178 Å². The average Bonchev–Trinajstić information content (AvgIpc) is 3.13. The van der Waals surface area contributed by atoms with Gasteiger partial charge < -0.3 is 15.2 Å². The second-order valence-electron chi connectivity index (χ2n) is 6.20. The molecule has 0 saturated heterocycles. The molecule has 0 unspecified atom stereocenters. The van der Waals surface area contributed by atoms with E-state index in [-0.39, 0.29) is 11.4 Å². The summed E-state index contributed by atoms with van der Waals surface area (Å²) in [5.41, 5.74) is 3.61. The van der Waals surface area contributed by atoms with E-state index in [4.69, 9.17) is 9.84 Å². The van der Waals surface area contributed by atoms with E-state index in [1.165, 1.54) is 36.6 Å². The number of carboxylic acids is 1. The summed E-state index contributed by atoms with van der Waals surface area (Å²) in [4.78, 5) is 15.1. The van der Waals surface area contributed by atoms with Gasteiger partial charge in [0.25, 0.3) is 0 Å². The van der Waals surface area contributed by atoms with Gasteiger partial charge in [0.05, 0.1) is 17.3 Å². The van der Waals surface area contributed by atoms with Gasteiger partial charge >= 0.3 is 5.97 Å². The summed E-state index contributed by atoms with van der Waals surface area (Å²) in [7, 11) is 1.45. The molecule has 0 aliphatic rings. The first kappa shape index (κ1) is 22.8. The minimum absolute atomic E-state index is 0.164. The van der Waals surface area contributed by atoms with Crippen molar-refractivity contribution in [2.24, 2.45) is 0 Å². The molecular weight excluding hydrogens is 403 g/mol. The molecule has 0 aliphatic heterocycles. The fourth-order valence-corrected chi connectivity index (χ4v) is 3.36. The molecule has 0 amide bonds. The minimum Gasteiger partial charge on any atom is -0.496 e. The fourth-order valence-electron chi connectivity index (χ4n) is 2.45. The van der Waals surface area contributed by atoms with Gasteiger partial charge in [-0.15, -0.1) is 0 Å². The number of thiazole rings is 1. The number of rotatable bonds is 6. The van der Waals surface area contributed by atoms with E-state index in [1.807, 2.05) is 19.9 Å². The van der Waals surface area contributed by atoms with Gasteiger partial charge in [-0.25, -0.2) is 14.2 Å². The quantitative estimate of drug-likeness (QED) is 0.449. The number of ether oxygens (including phenoxy) is 1. The molecule has 1 heterocycles. The second-order valence-corrected chi connectivity index (χ2v) is 7.24. The summed E-state index contributed by atoms with van der Waals surface area (Å²) in [6, 6.07) is 9.48. The van der Waals surface area contributed by atoms with Crippen molar-refractivity contribution < 1.29 is 19.0 Å². The molecule has 0 atom stereocenters. The van der Waals surface area contributed by atoms with Crippen LogP contribution in [0.1, 0.15) is 29.8 Å². The lowest BCUT2D eigenvalue weighted by Crippen LogP contribution is -2.00. The molecule has 0 bridgehead atoms. The van der Waals surface area contributed by atoms with Crippen molar-refractivity contribution in [3.05, 3.63) is 84.3 Å². The summed E-state index contributed by atoms with van der Waals surface area (Å²) in [6.45, 7) is 11.2. The Morgan fingerprint density at radius 1 is 1.30 bits per heavy atom. The zero-order chi connectivity index (χ0) is 22.3. The molecule has 3 aromatic rings. The second kappa shape index (κ2) is 10.4. The van der Waals surface area contributed by atoms with Crippen LogP contribution in [0.4, 0.5) is 9.52 Å². The molecule has 156 valence electrons. The topological polar surface area (TPSA) is 71.5 Å². The van der Waals surface area contributed by atoms with Crippen LogP contribution in [-0.2, 0) is 0 Å². The Bertz CT molecular complexity index is 1120. The van der Waals surface area contributed by atoms with Crippen LogP contribution in [0.3, 0.4) is 0 Å². The summed E-state index contributed by atoms with van der Waals surface area (Å²) in [5, 5.41) is 12.7. The van der Waals surface area contributed by atoms with Gasteiger partial charge in [-0.1, -0.05) is 42.2 Å². The Balaban J connectivity index is 0.000000216. The van der Waals surface area contributed by atoms with Crippen LogP contribution >= 0.6 is 11.3 Å². The van der Waals surface area contributed by atoms with Crippen molar-refractivity contribution in [3.63, 3.8) is 0 Å². The van der Waals surface area contributed by atoms with Gasteiger partial charge in [-0.3, -0.25) is 0 Å². The third-order valence-electron chi connectivity index (χ3n) is 4.06. The first-order chi connectivity index (χ1) is 14.3. The Morgan fingerprint density at radius 2 is 2.03 bits per heavy atom. The molecule has 2 N–H and O–H groups in total. The number of nitrogens with one attached hydrogen (secondary N) is 1. The van der Waals surface area contributed by atoms with Crippen LogP contribution in [0.5, 0.6) is 5.75 Å². The summed E-state index contributed by atoms with van der Waals surface area (Å²) in [5.74, 6) is -0.870. The molecule has 2 aromatic carbocycles. The third kappa shape index (κ3) is 5.78. The monoisotopic (exact) mass is 426 g/mol. The van der Waals surface area contributed by atoms with Crippen molar-refractivity contribution in [2.45, 2.75) is 13.8 Å². The number of carbonyl (C=O) groups is 1. The maximum absolute atomic E-state index is 13.0. The van der Waals surface area contributed by atoms with Gasteiger partial charge in [0, 0.05) is 5.70 Å². The molecule has 5 nitrogen and oxygen atoms in total. The smallest absolute Gasteiger partial charge is 0.339 e. The van der Waals surface area contributed by atoms with Crippen LogP contribution in [-0.4, -0.2) is 23.2 Å². The molecular formula is C23H23FN2O3S. The van der Waals surface area contributed by atoms with Crippen molar-refractivity contribution in [3.8, 4) is 5.75 Å². The number of nitrogens with zero attached hydrogens (tertiary/aromatic N) is 1. The van der Waals surface area contributed by atoms with Crippen LogP contribution in [0.25, 0.3) is 15.8 Å². The largest absolute Gasteiger partial charge is 0.496 e. The van der Waals surface area contributed by atoms with Gasteiger partial charge in [0.1, 0.15) is 17.1 Å². The number of hydrogen-bond donors (Lipinski definition) is 2. The molecule has 0 saturated carbocycles. The number of benzene rings is 2. The standard InChI is InChI=1S/C12H11FN2S.C11H12O3/c1-3-9(4-2)14-12-15-10-6-5-8(13)7-11(10)16-12;1-7(2)8-4-5-9(11(12)13)10(6-8)14-3/h3-7H,1H2,2H3,(H,14,15);4-6H,1H2,2-3H3,(H,12,13)/b9-4+;. The number of anilines is 1. The lowest BCUT2D eigenvalue weighted by Gasteiger charge is -2.07. The van der Waals surface area contributed by atoms with Crippen LogP contribution < -0.4 is 10.1 Å². The van der Waals surface area contributed by atoms with Crippen molar-refractivity contribution in [1.82, 2.24) is 4.98 Å². The number of aromatic nitrogens is 1. The van der Waals surface area contributed by atoms with Gasteiger partial charge in [0.2, 0.25) is 0 Å². The van der Waals surface area contributed by atoms with E-state index >= 15 is 0 Å². The van der Waals surface area contributed by atoms with E-state index < -0.39 is 5.97 Å². The van der Waals surface area contributed by atoms with Gasteiger partial charge in [-0.05, 0) is 55.8 Å². The zero-order valence-corrected chi connectivity index (χ0v) is 17.8. The number of allylic oxidation sites excluding steroid dienone is 3. The average molecular weight is 427 g/mol. The SMILES string of the molecule is C=C(C)c1ccc(C(=O)O)c(OC)c1.C=C/C(=C\C)Nc1nc2ccc(F)cc2s1. The maximum atomic E-state index is 13.0. The van der Waals surface area contributed by atoms with Crippen LogP contribution in [0.15, 0.2) is 67.4 Å². The highest BCUT2D eigenvalue weighted by Crippen LogP contribution is 2.27. The number of hydrogen-bond acceptors (Lipinski definition) is 5. The van der Waals surface area contributed by atoms with E-state index in [9.17, 15) is 9.18 Å². The van der Waals surface area contributed by atoms with E-state index in [0.29, 0.717) is 5.75 Å². The lowest BCUT2D eigenvalue weighted by molar-refractivity contribution is 0.0693. The number of methoxy groups -OCH3 is 1. The molecule has 0 fully saturated rings. The highest BCUT2D eigenvalue weighted by molar-refractivity contribution is 7.22. The first-order valence-corrected chi connectivity index (χ1v) is 9.79. The highest BCUT2D eigenvalue weighted by Gasteiger charge is 2.11. The van der Waals surface area contributed by atoms with Crippen molar-refractivity contribution >= 4 is 38.2 Å². The third-order valence-corrected chi connectivity index (χ3v) is 4.99. The molecule has 1 aromatic heterocycles. The van der Waals surface area contributed by atoms with Gasteiger partial charge in [0.15, 0.2) is 5.13 Å². The normalized spacial score (nSPS) is 10.7. The Morgan fingerprint density at radius 3 is 2.60 bits per heavy atom. The van der Waals surface area contributed by atoms with Crippen molar-refractivity contribution in [1.29, 1.82) is 0 Å². The zero-order valence-electron chi connectivity index (χ0n) is 17.0. The molecule has 3 rings (SSSR count). The summed E-state index contributed by atoms with van der Waals surface area (Å²) >= 11 is 1.42. The lowest BCUT2D eigenvalue weighted by atomic mass is 10.1. The number of aromatic carboxylic acids is 1.